The second-order valence-corrected chi connectivity index (χ2v) is 11.3. The van der Waals surface area contributed by atoms with E-state index in [1.807, 2.05) is 65.5 Å². The molecule has 0 amide bonds. The largest absolute Gasteiger partial charge is 0.384 e. The number of hydrogen-bond acceptors (Lipinski definition) is 8. The maximum Gasteiger partial charge on any atom is 0.162 e. The first-order valence-electron chi connectivity index (χ1n) is 12.1. The van der Waals surface area contributed by atoms with Gasteiger partial charge in [0.25, 0.3) is 0 Å². The van der Waals surface area contributed by atoms with E-state index in [9.17, 15) is 8.42 Å². The maximum atomic E-state index is 11.2. The van der Waals surface area contributed by atoms with Crippen molar-refractivity contribution in [1.82, 2.24) is 25.1 Å². The third-order valence-corrected chi connectivity index (χ3v) is 7.03. The van der Waals surface area contributed by atoms with Crippen molar-refractivity contribution < 1.29 is 8.42 Å². The predicted octanol–water partition coefficient (Wildman–Crippen LogP) is 3.32. The minimum atomic E-state index is -2.95. The topological polar surface area (TPSA) is 128 Å². The van der Waals surface area contributed by atoms with E-state index in [1.165, 1.54) is 11.8 Å². The van der Waals surface area contributed by atoms with Crippen molar-refractivity contribution in [2.24, 2.45) is 0 Å². The zero-order chi connectivity index (χ0) is 25.8. The summed E-state index contributed by atoms with van der Waals surface area (Å²) in [6.45, 7) is 2.42. The van der Waals surface area contributed by atoms with Gasteiger partial charge in [0.05, 0.1) is 29.5 Å². The fourth-order valence-electron chi connectivity index (χ4n) is 4.18. The van der Waals surface area contributed by atoms with Gasteiger partial charge >= 0.3 is 0 Å². The van der Waals surface area contributed by atoms with Crippen LogP contribution >= 0.6 is 0 Å². The number of nitrogens with zero attached hydrogens (tertiary/aromatic N) is 4. The predicted molar refractivity (Wildman–Crippen MR) is 149 cm³/mol. The molecule has 10 heteroatoms. The zero-order valence-corrected chi connectivity index (χ0v) is 21.4. The molecule has 2 aromatic heterocycles. The van der Waals surface area contributed by atoms with Crippen LogP contribution in [0.25, 0.3) is 33.2 Å². The lowest BCUT2D eigenvalue weighted by molar-refractivity contribution is 0.597. The summed E-state index contributed by atoms with van der Waals surface area (Å²) >= 11 is 0. The maximum absolute atomic E-state index is 11.2. The monoisotopic (exact) mass is 515 g/mol. The summed E-state index contributed by atoms with van der Waals surface area (Å²) in [6.07, 6.45) is 3.10. The normalized spacial score (nSPS) is 11.8. The van der Waals surface area contributed by atoms with Crippen LogP contribution in [-0.4, -0.2) is 59.8 Å². The van der Waals surface area contributed by atoms with E-state index in [4.69, 9.17) is 10.7 Å². The first kappa shape index (κ1) is 24.7. The molecule has 0 atom stereocenters. The van der Waals surface area contributed by atoms with Crippen LogP contribution < -0.4 is 16.4 Å². The number of hydrogen-bond donors (Lipinski definition) is 3. The summed E-state index contributed by atoms with van der Waals surface area (Å²) in [5.41, 5.74) is 11.1. The van der Waals surface area contributed by atoms with E-state index in [2.05, 4.69) is 32.8 Å². The molecule has 0 aliphatic carbocycles. The van der Waals surface area contributed by atoms with Crippen molar-refractivity contribution in [3.05, 3.63) is 78.5 Å². The van der Waals surface area contributed by atoms with Gasteiger partial charge < -0.3 is 16.4 Å². The summed E-state index contributed by atoms with van der Waals surface area (Å²) in [7, 11) is -2.95. The van der Waals surface area contributed by atoms with Crippen molar-refractivity contribution in [2.45, 2.75) is 6.54 Å². The number of rotatable bonds is 10. The highest BCUT2D eigenvalue weighted by Crippen LogP contribution is 2.28. The van der Waals surface area contributed by atoms with Crippen LogP contribution in [0.2, 0.25) is 0 Å². The van der Waals surface area contributed by atoms with Crippen LogP contribution in [0.15, 0.2) is 72.9 Å². The number of aromatic nitrogens is 4. The van der Waals surface area contributed by atoms with Crippen LogP contribution in [0.4, 0.5) is 11.5 Å². The lowest BCUT2D eigenvalue weighted by atomic mass is 10.1. The Balaban J connectivity index is 1.29. The van der Waals surface area contributed by atoms with Crippen molar-refractivity contribution >= 4 is 43.1 Å². The van der Waals surface area contributed by atoms with E-state index >= 15 is 0 Å². The average molecular weight is 516 g/mol. The minimum Gasteiger partial charge on any atom is -0.384 e. The molecule has 0 radical (unpaired) electrons. The van der Waals surface area contributed by atoms with E-state index in [0.717, 1.165) is 33.1 Å². The van der Waals surface area contributed by atoms with Gasteiger partial charge in [-0.2, -0.15) is 5.10 Å². The Bertz CT molecular complexity index is 1650. The molecule has 2 heterocycles. The van der Waals surface area contributed by atoms with E-state index in [0.29, 0.717) is 37.8 Å². The molecule has 0 saturated heterocycles. The van der Waals surface area contributed by atoms with E-state index in [-0.39, 0.29) is 5.75 Å². The molecule has 0 saturated carbocycles. The quantitative estimate of drug-likeness (QED) is 0.242. The zero-order valence-electron chi connectivity index (χ0n) is 20.6. The van der Waals surface area contributed by atoms with E-state index in [1.54, 1.807) is 0 Å². The summed E-state index contributed by atoms with van der Waals surface area (Å²) in [6, 6.07) is 22.1. The van der Waals surface area contributed by atoms with E-state index < -0.39 is 9.84 Å². The van der Waals surface area contributed by atoms with Gasteiger partial charge in [-0.3, -0.25) is 4.68 Å². The molecule has 0 aliphatic heterocycles. The van der Waals surface area contributed by atoms with Crippen LogP contribution in [0.3, 0.4) is 0 Å². The van der Waals surface area contributed by atoms with Gasteiger partial charge in [0.1, 0.15) is 15.7 Å². The number of nitrogens with one attached hydrogen (secondary N) is 2. The number of anilines is 2. The summed E-state index contributed by atoms with van der Waals surface area (Å²) in [5.74, 6) is 1.11. The molecule has 5 aromatic rings. The molecule has 37 heavy (non-hydrogen) atoms. The number of benzene rings is 3. The highest BCUT2D eigenvalue weighted by atomic mass is 32.2. The Morgan fingerprint density at radius 2 is 1.78 bits per heavy atom. The number of nitrogens with two attached hydrogens (primary N) is 1. The molecule has 0 bridgehead atoms. The number of fused-ring (bicyclic) bond motifs is 2. The van der Waals surface area contributed by atoms with Crippen LogP contribution in [0.1, 0.15) is 5.56 Å². The molecule has 3 aromatic carbocycles. The Morgan fingerprint density at radius 3 is 2.59 bits per heavy atom. The third-order valence-electron chi connectivity index (χ3n) is 6.08. The van der Waals surface area contributed by atoms with Crippen molar-refractivity contribution in [3.63, 3.8) is 0 Å². The fraction of sp³-hybridized carbons (Fsp3) is 0.222. The third kappa shape index (κ3) is 6.04. The van der Waals surface area contributed by atoms with Gasteiger partial charge in [0, 0.05) is 47.9 Å². The van der Waals surface area contributed by atoms with Gasteiger partial charge in [-0.1, -0.05) is 30.3 Å². The highest BCUT2D eigenvalue weighted by molar-refractivity contribution is 7.90. The lowest BCUT2D eigenvalue weighted by Crippen LogP contribution is -2.27. The van der Waals surface area contributed by atoms with Gasteiger partial charge in [0.2, 0.25) is 0 Å². The molecule has 0 spiro atoms. The first-order valence-corrected chi connectivity index (χ1v) is 14.1. The summed E-state index contributed by atoms with van der Waals surface area (Å²) < 4.78 is 24.4. The van der Waals surface area contributed by atoms with Crippen molar-refractivity contribution in [2.75, 3.05) is 42.7 Å². The molecular formula is C27H29N7O2S. The summed E-state index contributed by atoms with van der Waals surface area (Å²) in [5, 5.41) is 12.8. The van der Waals surface area contributed by atoms with Crippen LogP contribution in [-0.2, 0) is 16.4 Å². The first-order chi connectivity index (χ1) is 17.9. The van der Waals surface area contributed by atoms with Crippen LogP contribution in [0.5, 0.6) is 0 Å². The molecule has 4 N–H and O–H groups in total. The Hall–Kier alpha value is -4.02. The van der Waals surface area contributed by atoms with Crippen molar-refractivity contribution in [1.29, 1.82) is 0 Å². The van der Waals surface area contributed by atoms with Crippen LogP contribution in [0, 0.1) is 0 Å². The average Bonchev–Trinajstić information content (AvgIpc) is 3.28. The van der Waals surface area contributed by atoms with Gasteiger partial charge in [-0.25, -0.2) is 18.4 Å². The molecular weight excluding hydrogens is 486 g/mol. The Labute approximate surface area is 215 Å². The Morgan fingerprint density at radius 1 is 0.946 bits per heavy atom. The van der Waals surface area contributed by atoms with Gasteiger partial charge in [-0.15, -0.1) is 0 Å². The smallest absolute Gasteiger partial charge is 0.162 e. The fourth-order valence-corrected chi connectivity index (χ4v) is 4.69. The minimum absolute atomic E-state index is 0.127. The molecule has 0 fully saturated rings. The SMILES string of the molecule is CS(=O)(=O)CCNCCNc1ccc2nc(-c3ccc4c(cnn4Cc4ccccc4)c3)nc(N)c2c1. The van der Waals surface area contributed by atoms with Gasteiger partial charge in [-0.05, 0) is 42.0 Å². The highest BCUT2D eigenvalue weighted by Gasteiger charge is 2.11. The Kier molecular flexibility index (Phi) is 7.02. The molecule has 9 nitrogen and oxygen atoms in total. The van der Waals surface area contributed by atoms with Crippen molar-refractivity contribution in [3.8, 4) is 11.4 Å². The number of nitrogen functional groups attached to an aromatic ring is 1. The second kappa shape index (κ2) is 10.5. The van der Waals surface area contributed by atoms with Gasteiger partial charge in [0.15, 0.2) is 5.82 Å². The molecule has 190 valence electrons. The summed E-state index contributed by atoms with van der Waals surface area (Å²) in [4.78, 5) is 9.34. The molecule has 5 rings (SSSR count). The number of sulfone groups is 1. The standard InChI is InChI=1S/C27H29N7O2S/c1-37(35,36)14-13-29-11-12-30-22-8-9-24-23(16-22)26(28)33-27(32-24)20-7-10-25-21(15-20)17-31-34(25)18-19-5-3-2-4-6-19/h2-10,15-17,29-30H,11-14,18H2,1H3,(H2,28,32,33). The molecule has 0 unspecified atom stereocenters. The second-order valence-electron chi connectivity index (χ2n) is 9.03. The lowest BCUT2D eigenvalue weighted by Gasteiger charge is -2.10. The molecule has 0 aliphatic rings.